The molecule has 4 aromatic carbocycles. The predicted octanol–water partition coefficient (Wildman–Crippen LogP) is 1.84. The number of guanidine groups is 2. The van der Waals surface area contributed by atoms with Gasteiger partial charge in [0.15, 0.2) is 11.9 Å². The minimum atomic E-state index is -1.52. The Hall–Kier alpha value is -13.9. The third kappa shape index (κ3) is 36.5. The van der Waals surface area contributed by atoms with Crippen molar-refractivity contribution in [2.24, 2.45) is 40.7 Å². The van der Waals surface area contributed by atoms with Crippen LogP contribution in [0.4, 0.5) is 17.1 Å². The highest BCUT2D eigenvalue weighted by molar-refractivity contribution is 6.07. The van der Waals surface area contributed by atoms with Gasteiger partial charge in [-0.3, -0.25) is 93.4 Å². The predicted molar refractivity (Wildman–Crippen MR) is 478 cm³/mol. The number of nitro groups is 2. The first-order chi connectivity index (χ1) is 61.2. The van der Waals surface area contributed by atoms with Crippen LogP contribution in [0, 0.1) is 48.8 Å². The summed E-state index contributed by atoms with van der Waals surface area (Å²) < 4.78 is 10.5. The van der Waals surface area contributed by atoms with Crippen molar-refractivity contribution in [1.29, 1.82) is 10.8 Å². The number of non-ortho nitro benzene ring substituents is 1. The van der Waals surface area contributed by atoms with Crippen molar-refractivity contribution in [2.45, 2.75) is 218 Å². The van der Waals surface area contributed by atoms with Crippen LogP contribution in [0.1, 0.15) is 166 Å². The fraction of sp³-hybridized carbons (Fsp3) is 0.512. The summed E-state index contributed by atoms with van der Waals surface area (Å²) in [5, 5.41) is 81.8. The van der Waals surface area contributed by atoms with Gasteiger partial charge in [-0.05, 0) is 144 Å². The highest BCUT2D eigenvalue weighted by Crippen LogP contribution is 2.30. The van der Waals surface area contributed by atoms with Crippen LogP contribution < -0.4 is 102 Å². The maximum Gasteiger partial charge on any atom is 0.337 e. The number of fused-ring (bicyclic) bond motifs is 1. The monoisotopic (exact) mass is 1800 g/mol. The summed E-state index contributed by atoms with van der Waals surface area (Å²) in [6.45, 7) is 11.6. The van der Waals surface area contributed by atoms with E-state index >= 15 is 19.2 Å². The summed E-state index contributed by atoms with van der Waals surface area (Å²) in [5.74, 6) is -12.2. The van der Waals surface area contributed by atoms with Gasteiger partial charge in [0.1, 0.15) is 77.4 Å². The average molecular weight is 1800 g/mol. The van der Waals surface area contributed by atoms with Crippen LogP contribution >= 0.6 is 0 Å². The highest BCUT2D eigenvalue weighted by Gasteiger charge is 2.42. The Balaban J connectivity index is 0.00000721. The SMILES string of the molecule is CC(=O)O.CCC(C)C(NC(=O)C1CCCN1C(=O)C(CCCCN)NC(=O)CNC(=O)c1cc(=O)oc2cc(OC)ccc12)C(=O)NC(CC(C)C)C(=O)NC(Cc1ccccc1)C(=O)NC(Cc1ccccc1)C(=O)NC(CCCNC(=N)N)C(=O)NC(CC(C)C)C(=O)NC(CCCCNc1ccc([N+](=O)[O-])cc1[N+](=O)[O-])C(=O)NC(CCCNC(=N)N)C(N)=O. The molecule has 6 rings (SSSR count). The Morgan fingerprint density at radius 1 is 0.566 bits per heavy atom. The molecule has 0 saturated carbocycles. The number of anilines is 1. The van der Waals surface area contributed by atoms with Gasteiger partial charge in [0.05, 0.1) is 35.1 Å². The molecule has 5 aromatic rings. The number of nitrogens with one attached hydrogen (secondary N) is 15. The Bertz CT molecular complexity index is 4750. The molecule has 43 nitrogen and oxygen atoms in total. The smallest absolute Gasteiger partial charge is 0.337 e. The number of methoxy groups -OCH3 is 1. The van der Waals surface area contributed by atoms with E-state index in [0.29, 0.717) is 42.6 Å². The molecule has 1 aliphatic rings. The maximum atomic E-state index is 15.3. The summed E-state index contributed by atoms with van der Waals surface area (Å²) in [6, 6.07) is 12.0. The number of benzene rings is 4. The summed E-state index contributed by atoms with van der Waals surface area (Å²) in [5.41, 5.74) is 21.8. The van der Waals surface area contributed by atoms with Crippen LogP contribution in [0.5, 0.6) is 5.75 Å². The lowest BCUT2D eigenvalue weighted by Crippen LogP contribution is -2.61. The van der Waals surface area contributed by atoms with Crippen molar-refractivity contribution in [1.82, 2.24) is 68.7 Å². The van der Waals surface area contributed by atoms with Gasteiger partial charge in [0, 0.05) is 69.5 Å². The molecule has 43 heteroatoms. The number of carboxylic acids is 1. The molecule has 0 radical (unpaired) electrons. The zero-order chi connectivity index (χ0) is 95.6. The third-order valence-corrected chi connectivity index (χ3v) is 20.8. The van der Waals surface area contributed by atoms with Crippen LogP contribution in [0.25, 0.3) is 11.0 Å². The van der Waals surface area contributed by atoms with E-state index in [4.69, 9.17) is 52.8 Å². The molecule has 11 unspecified atom stereocenters. The van der Waals surface area contributed by atoms with Gasteiger partial charge >= 0.3 is 5.63 Å². The summed E-state index contributed by atoms with van der Waals surface area (Å²) in [4.78, 5) is 218. The van der Waals surface area contributed by atoms with Crippen molar-refractivity contribution in [3.05, 3.63) is 150 Å². The first-order valence-electron chi connectivity index (χ1n) is 42.8. The fourth-order valence-electron chi connectivity index (χ4n) is 14.1. The molecular weight excluding hydrogens is 1680 g/mol. The van der Waals surface area contributed by atoms with Gasteiger partial charge in [-0.25, -0.2) is 4.79 Å². The second kappa shape index (κ2) is 54.2. The first-order valence-corrected chi connectivity index (χ1v) is 42.8. The second-order valence-corrected chi connectivity index (χ2v) is 32.1. The lowest BCUT2D eigenvalue weighted by molar-refractivity contribution is -0.393. The maximum absolute atomic E-state index is 15.3. The molecule has 0 spiro atoms. The number of hydrogen-bond donors (Lipinski definition) is 20. The Morgan fingerprint density at radius 2 is 1.05 bits per heavy atom. The lowest BCUT2D eigenvalue weighted by Gasteiger charge is -2.32. The number of nitro benzene ring substituents is 2. The number of primary amides is 1. The molecular formula is C86H124N22O21. The van der Waals surface area contributed by atoms with Crippen molar-refractivity contribution >= 4 is 117 Å². The van der Waals surface area contributed by atoms with Crippen molar-refractivity contribution in [3.8, 4) is 5.75 Å². The Morgan fingerprint density at radius 3 is 1.54 bits per heavy atom. The van der Waals surface area contributed by atoms with E-state index in [-0.39, 0.29) is 156 Å². The van der Waals surface area contributed by atoms with Gasteiger partial charge in [0.25, 0.3) is 23.3 Å². The van der Waals surface area contributed by atoms with Gasteiger partial charge in [-0.1, -0.05) is 109 Å². The molecule has 0 aliphatic carbocycles. The molecule has 704 valence electrons. The number of carboxylic acid groups (broad SMARTS) is 1. The van der Waals surface area contributed by atoms with E-state index in [0.717, 1.165) is 25.1 Å². The molecule has 0 bridgehead atoms. The van der Waals surface area contributed by atoms with Gasteiger partial charge < -0.3 is 111 Å². The van der Waals surface area contributed by atoms with Gasteiger partial charge in [-0.2, -0.15) is 0 Å². The van der Waals surface area contributed by atoms with Crippen LogP contribution in [-0.4, -0.2) is 215 Å². The van der Waals surface area contributed by atoms with E-state index in [1.54, 1.807) is 108 Å². The average Bonchev–Trinajstić information content (AvgIpc) is 1.11. The minimum Gasteiger partial charge on any atom is -0.497 e. The number of likely N-dealkylation sites (tertiary alicyclic amines) is 1. The second-order valence-electron chi connectivity index (χ2n) is 32.1. The number of carbonyl (C=O) groups excluding carboxylic acids is 12. The number of unbranched alkanes of at least 4 members (excludes halogenated alkanes) is 2. The molecule has 1 saturated heterocycles. The molecule has 1 fully saturated rings. The normalized spacial score (nSPS) is 14.5. The molecule has 1 aliphatic heterocycles. The molecule has 24 N–H and O–H groups in total. The van der Waals surface area contributed by atoms with Crippen molar-refractivity contribution in [2.75, 3.05) is 51.7 Å². The standard InChI is InChI=1S/C84H120N22O19.C2H4O2/c1-8-50(6)71(103-80(117)66-30-21-39-104(66)82(119)61(27-15-17-35-85)95-69(107)47-94-73(110)56-46-70(108)125-68-45-54(124-7)32-33-55(56)68)81(118)102-63(41-49(4)5)77(114)100-65(43-52-24-13-10-14-25-52)79(116)101-64(42-51-22-11-9-12-23-51)78(115)98-60(29-20-38-93-84(89)90)75(112)99-62(40-48(2)3)76(113)97-59(74(111)96-58(72(86)109)28-19-37-92-83(87)88)26-16-18-36-91-57-34-31-53(105(120)121)44-67(57)106(122)123;1-2(3)4/h9-14,22-25,31-34,44-46,48-50,58-66,71,91H,8,15-21,26-30,35-43,47,85H2,1-7H3,(H2,86,109)(H,94,110)(H,95,107)(H,96,111)(H,97,113)(H,98,115)(H,99,112)(H,100,114)(H,101,116)(H,102,118)(H,103,117)(H4,87,88,92)(H4,89,90,93);1H3,(H,3,4). The lowest BCUT2D eigenvalue weighted by atomic mass is 9.96. The molecule has 1 aromatic heterocycles. The van der Waals surface area contributed by atoms with Gasteiger partial charge in [0.2, 0.25) is 65.0 Å². The third-order valence-electron chi connectivity index (χ3n) is 20.8. The quantitative estimate of drug-likeness (QED) is 0.00659. The Kier molecular flexibility index (Phi) is 44.4. The molecule has 129 heavy (non-hydrogen) atoms. The topological polar surface area (TPSA) is 679 Å². The van der Waals surface area contributed by atoms with E-state index < -0.39 is 183 Å². The van der Waals surface area contributed by atoms with Crippen LogP contribution in [0.15, 0.2) is 112 Å². The van der Waals surface area contributed by atoms with Gasteiger partial charge in [-0.15, -0.1) is 0 Å². The first kappa shape index (κ1) is 106. The number of amides is 12. The number of aliphatic carboxylic acids is 1. The van der Waals surface area contributed by atoms with Crippen LogP contribution in [-0.2, 0) is 70.4 Å². The Labute approximate surface area is 746 Å². The molecule has 11 atom stereocenters. The van der Waals surface area contributed by atoms with Crippen molar-refractivity contribution in [3.63, 3.8) is 0 Å². The van der Waals surface area contributed by atoms with E-state index in [1.165, 1.54) is 30.2 Å². The van der Waals surface area contributed by atoms with Crippen LogP contribution in [0.3, 0.4) is 0 Å². The fourth-order valence-corrected chi connectivity index (χ4v) is 14.1. The molecule has 12 amide bonds. The summed E-state index contributed by atoms with van der Waals surface area (Å²) in [7, 11) is 1.42. The number of ether oxygens (including phenoxy) is 1. The van der Waals surface area contributed by atoms with E-state index in [1.807, 2.05) is 0 Å². The summed E-state index contributed by atoms with van der Waals surface area (Å²) in [6.07, 6.45) is 1.69. The number of nitrogens with zero attached hydrogens (tertiary/aromatic N) is 3. The summed E-state index contributed by atoms with van der Waals surface area (Å²) >= 11 is 0. The molecule has 2 heterocycles. The van der Waals surface area contributed by atoms with Crippen LogP contribution in [0.2, 0.25) is 0 Å². The largest absolute Gasteiger partial charge is 0.497 e. The number of hydrogen-bond acceptors (Lipinski definition) is 24. The highest BCUT2D eigenvalue weighted by atomic mass is 16.6. The minimum absolute atomic E-state index is 0.00529. The number of rotatable bonds is 53. The zero-order valence-corrected chi connectivity index (χ0v) is 73.8. The van der Waals surface area contributed by atoms with E-state index in [2.05, 4.69) is 69.1 Å². The number of carbonyl (C=O) groups is 13. The van der Waals surface area contributed by atoms with E-state index in [9.17, 15) is 63.4 Å². The zero-order valence-electron chi connectivity index (χ0n) is 73.8. The van der Waals surface area contributed by atoms with Crippen molar-refractivity contribution < 1.29 is 86.4 Å². The number of nitrogens with two attached hydrogens (primary N) is 4.